The molecule has 3 heterocycles. The average molecular weight is 599 g/mol. The van der Waals surface area contributed by atoms with Crippen LogP contribution in [0, 0.1) is 11.8 Å². The molecule has 3 aliphatic rings. The molecule has 4 unspecified atom stereocenters. The zero-order valence-electron chi connectivity index (χ0n) is 22.6. The Morgan fingerprint density at radius 1 is 1.22 bits per heavy atom. The van der Waals surface area contributed by atoms with Crippen molar-refractivity contribution < 1.29 is 19.5 Å². The van der Waals surface area contributed by atoms with Gasteiger partial charge in [-0.05, 0) is 39.0 Å². The minimum Gasteiger partial charge on any atom is -0.396 e. The molecule has 0 aromatic carbocycles. The highest BCUT2D eigenvalue weighted by Gasteiger charge is 2.76. The highest BCUT2D eigenvalue weighted by Crippen LogP contribution is 2.68. The Bertz CT molecular complexity index is 872. The lowest BCUT2D eigenvalue weighted by atomic mass is 9.70. The highest BCUT2D eigenvalue weighted by atomic mass is 79.9. The van der Waals surface area contributed by atoms with Crippen LogP contribution in [0.5, 0.6) is 0 Å². The Labute approximate surface area is 235 Å². The molecule has 9 heteroatoms. The quantitative estimate of drug-likeness (QED) is 0.176. The van der Waals surface area contributed by atoms with Crippen molar-refractivity contribution in [2.24, 2.45) is 11.8 Å². The van der Waals surface area contributed by atoms with Crippen LogP contribution < -0.4 is 0 Å². The molecule has 7 atom stereocenters. The normalized spacial score (nSPS) is 30.8. The summed E-state index contributed by atoms with van der Waals surface area (Å²) in [6.07, 6.45) is 7.99. The molecule has 3 fully saturated rings. The van der Waals surface area contributed by atoms with Crippen LogP contribution in [0.1, 0.15) is 59.3 Å². The van der Waals surface area contributed by atoms with E-state index in [1.54, 1.807) is 28.8 Å². The third-order valence-corrected chi connectivity index (χ3v) is 11.3. The number of hydrogen-bond donors (Lipinski definition) is 1. The Balaban J connectivity index is 2.06. The van der Waals surface area contributed by atoms with E-state index in [9.17, 15) is 19.5 Å². The van der Waals surface area contributed by atoms with Gasteiger partial charge in [0.25, 0.3) is 0 Å². The van der Waals surface area contributed by atoms with Crippen molar-refractivity contribution in [2.45, 2.75) is 86.2 Å². The molecular formula is C28H44BrN3O4S. The summed E-state index contributed by atoms with van der Waals surface area (Å²) in [4.78, 5) is 48.0. The first-order valence-electron chi connectivity index (χ1n) is 13.8. The van der Waals surface area contributed by atoms with Gasteiger partial charge in [-0.1, -0.05) is 48.4 Å². The second-order valence-electron chi connectivity index (χ2n) is 10.6. The number of hydrogen-bond acceptors (Lipinski definition) is 5. The lowest BCUT2D eigenvalue weighted by Gasteiger charge is -2.40. The Hall–Kier alpha value is -1.32. The predicted octanol–water partition coefficient (Wildman–Crippen LogP) is 3.85. The van der Waals surface area contributed by atoms with Gasteiger partial charge in [-0.25, -0.2) is 0 Å². The predicted molar refractivity (Wildman–Crippen MR) is 154 cm³/mol. The third kappa shape index (κ3) is 5.55. The smallest absolute Gasteiger partial charge is 0.247 e. The number of halogens is 1. The number of amides is 3. The van der Waals surface area contributed by atoms with Crippen LogP contribution in [0.15, 0.2) is 25.3 Å². The maximum Gasteiger partial charge on any atom is 0.247 e. The summed E-state index contributed by atoms with van der Waals surface area (Å²) in [5.41, 5.74) is 0. The van der Waals surface area contributed by atoms with Crippen LogP contribution in [0.2, 0.25) is 0 Å². The van der Waals surface area contributed by atoms with E-state index >= 15 is 0 Å². The fourth-order valence-corrected chi connectivity index (χ4v) is 10.2. The topological polar surface area (TPSA) is 81.2 Å². The number of aliphatic hydroxyl groups is 1. The van der Waals surface area contributed by atoms with E-state index in [2.05, 4.69) is 42.9 Å². The molecule has 7 nitrogen and oxygen atoms in total. The molecule has 208 valence electrons. The van der Waals surface area contributed by atoms with Crippen LogP contribution in [0.25, 0.3) is 0 Å². The van der Waals surface area contributed by atoms with Gasteiger partial charge in [0.15, 0.2) is 0 Å². The fraction of sp³-hybridized carbons (Fsp3) is 0.750. The van der Waals surface area contributed by atoms with E-state index in [1.165, 1.54) is 0 Å². The van der Waals surface area contributed by atoms with Crippen molar-refractivity contribution in [1.29, 1.82) is 0 Å². The summed E-state index contributed by atoms with van der Waals surface area (Å²) < 4.78 is -0.649. The molecule has 0 aromatic rings. The molecular weight excluding hydrogens is 554 g/mol. The first-order valence-corrected chi connectivity index (χ1v) is 15.6. The first-order chi connectivity index (χ1) is 17.7. The molecule has 1 spiro atoms. The SMILES string of the molecule is C=CCN(CCC)C(=O)[C@H]1[C@H]2C(=O)N(CCCCO)C(C(=O)N(CC=C)C(C)CCC)C23CC(Br)[C@@H]1S3. The number of likely N-dealkylation sites (tertiary alicyclic amines) is 1. The van der Waals surface area contributed by atoms with Gasteiger partial charge in [0.2, 0.25) is 17.7 Å². The summed E-state index contributed by atoms with van der Waals surface area (Å²) in [6.45, 7) is 15.9. The van der Waals surface area contributed by atoms with Crippen LogP contribution in [-0.2, 0) is 14.4 Å². The Morgan fingerprint density at radius 2 is 1.92 bits per heavy atom. The standard InChI is InChI=1S/C28H44BrN3O4S/c1-6-12-19(5)31(15-9-4)27(36)24-28-18-20(29)23(37-28)21(25(34)30(13-7-2)14-8-3)22(28)26(35)32(24)16-10-11-17-33/h7,9,19-24,33H,2,4,6,8,10-18H2,1,3,5H3/t19?,20?,21-,22-,23-,24?,28?/m0/s1. The van der Waals surface area contributed by atoms with Gasteiger partial charge in [0, 0.05) is 48.9 Å². The van der Waals surface area contributed by atoms with Crippen LogP contribution >= 0.6 is 27.7 Å². The third-order valence-electron chi connectivity index (χ3n) is 8.12. The van der Waals surface area contributed by atoms with Gasteiger partial charge in [0.1, 0.15) is 6.04 Å². The van der Waals surface area contributed by atoms with Crippen LogP contribution in [-0.4, -0.2) is 97.2 Å². The summed E-state index contributed by atoms with van der Waals surface area (Å²) in [6, 6.07) is -0.608. The van der Waals surface area contributed by atoms with Gasteiger partial charge < -0.3 is 19.8 Å². The number of nitrogens with zero attached hydrogens (tertiary/aromatic N) is 3. The highest BCUT2D eigenvalue weighted by molar-refractivity contribution is 9.09. The number of thioether (sulfide) groups is 1. The first kappa shape index (κ1) is 30.2. The van der Waals surface area contributed by atoms with Gasteiger partial charge >= 0.3 is 0 Å². The van der Waals surface area contributed by atoms with Crippen molar-refractivity contribution in [1.82, 2.24) is 14.7 Å². The van der Waals surface area contributed by atoms with E-state index in [0.717, 1.165) is 19.3 Å². The molecule has 3 amide bonds. The molecule has 0 radical (unpaired) electrons. The zero-order chi connectivity index (χ0) is 27.3. The molecule has 0 aliphatic carbocycles. The van der Waals surface area contributed by atoms with Crippen molar-refractivity contribution in [3.63, 3.8) is 0 Å². The number of fused-ring (bicyclic) bond motifs is 1. The summed E-state index contributed by atoms with van der Waals surface area (Å²) in [5.74, 6) is -1.13. The molecule has 0 saturated carbocycles. The number of carbonyl (C=O) groups is 3. The van der Waals surface area contributed by atoms with Gasteiger partial charge in [-0.3, -0.25) is 14.4 Å². The molecule has 3 aliphatic heterocycles. The summed E-state index contributed by atoms with van der Waals surface area (Å²) in [5, 5.41) is 9.34. The zero-order valence-corrected chi connectivity index (χ0v) is 25.0. The largest absolute Gasteiger partial charge is 0.396 e. The van der Waals surface area contributed by atoms with Crippen molar-refractivity contribution in [3.8, 4) is 0 Å². The lowest BCUT2D eigenvalue weighted by Crippen LogP contribution is -2.57. The van der Waals surface area contributed by atoms with Gasteiger partial charge in [-0.15, -0.1) is 24.9 Å². The van der Waals surface area contributed by atoms with E-state index < -0.39 is 22.6 Å². The monoisotopic (exact) mass is 597 g/mol. The Morgan fingerprint density at radius 3 is 2.51 bits per heavy atom. The summed E-state index contributed by atoms with van der Waals surface area (Å²) in [7, 11) is 0. The lowest BCUT2D eigenvalue weighted by molar-refractivity contribution is -0.145. The van der Waals surface area contributed by atoms with Crippen molar-refractivity contribution in [3.05, 3.63) is 25.3 Å². The van der Waals surface area contributed by atoms with E-state index in [4.69, 9.17) is 0 Å². The maximum atomic E-state index is 14.4. The Kier molecular flexibility index (Phi) is 10.7. The van der Waals surface area contributed by atoms with Gasteiger partial charge in [0.05, 0.1) is 16.6 Å². The minimum absolute atomic E-state index is 0.00525. The second kappa shape index (κ2) is 13.2. The van der Waals surface area contributed by atoms with Crippen molar-refractivity contribution >= 4 is 45.4 Å². The molecule has 37 heavy (non-hydrogen) atoms. The van der Waals surface area contributed by atoms with Crippen molar-refractivity contribution in [2.75, 3.05) is 32.8 Å². The fourth-order valence-electron chi connectivity index (χ4n) is 6.61. The molecule has 2 bridgehead atoms. The molecule has 0 aromatic heterocycles. The average Bonchev–Trinajstić information content (AvgIpc) is 3.45. The van der Waals surface area contributed by atoms with Crippen LogP contribution in [0.4, 0.5) is 0 Å². The number of rotatable bonds is 15. The second-order valence-corrected chi connectivity index (χ2v) is 13.3. The van der Waals surface area contributed by atoms with Crippen LogP contribution in [0.3, 0.4) is 0 Å². The molecule has 1 N–H and O–H groups in total. The van der Waals surface area contributed by atoms with Gasteiger partial charge in [-0.2, -0.15) is 0 Å². The number of alkyl halides is 1. The summed E-state index contributed by atoms with van der Waals surface area (Å²) >= 11 is 5.53. The van der Waals surface area contributed by atoms with E-state index in [-0.39, 0.29) is 40.4 Å². The maximum absolute atomic E-state index is 14.4. The number of unbranched alkanes of at least 4 members (excludes halogenated alkanes) is 1. The molecule has 3 saturated heterocycles. The van der Waals surface area contributed by atoms with E-state index in [0.29, 0.717) is 45.4 Å². The number of carbonyl (C=O) groups excluding carboxylic acids is 3. The number of aliphatic hydroxyl groups excluding tert-OH is 1. The molecule has 3 rings (SSSR count). The minimum atomic E-state index is -0.649. The van der Waals surface area contributed by atoms with E-state index in [1.807, 2.05) is 16.7 Å².